The summed E-state index contributed by atoms with van der Waals surface area (Å²) in [4.78, 5) is 40.9. The van der Waals surface area contributed by atoms with Crippen LogP contribution < -0.4 is 5.32 Å². The summed E-state index contributed by atoms with van der Waals surface area (Å²) in [5.74, 6) is -1.45. The number of amides is 1. The first-order valence-corrected chi connectivity index (χ1v) is 19.1. The van der Waals surface area contributed by atoms with Crippen LogP contribution in [0.1, 0.15) is 73.6 Å². The van der Waals surface area contributed by atoms with Gasteiger partial charge >= 0.3 is 11.9 Å². The van der Waals surface area contributed by atoms with E-state index in [0.29, 0.717) is 30.9 Å². The summed E-state index contributed by atoms with van der Waals surface area (Å²) in [5, 5.41) is 25.6. The van der Waals surface area contributed by atoms with Crippen molar-refractivity contribution >= 4 is 39.4 Å². The van der Waals surface area contributed by atoms with Gasteiger partial charge in [0.15, 0.2) is 0 Å². The average Bonchev–Trinajstić information content (AvgIpc) is 3.83. The predicted molar refractivity (Wildman–Crippen MR) is 189 cm³/mol. The van der Waals surface area contributed by atoms with Gasteiger partial charge in [0, 0.05) is 25.6 Å². The predicted octanol–water partition coefficient (Wildman–Crippen LogP) is 5.43. The molecule has 3 aliphatic heterocycles. The number of allylic oxidation sites excluding steroid dienone is 2. The van der Waals surface area contributed by atoms with E-state index in [1.807, 2.05) is 45.0 Å². The van der Waals surface area contributed by atoms with Crippen molar-refractivity contribution in [1.82, 2.24) is 10.3 Å². The molecule has 1 aromatic rings. The third-order valence-corrected chi connectivity index (χ3v) is 12.4. The number of aliphatic hydroxyl groups is 1. The number of carbonyl (C=O) groups excluding carboxylic acids is 2. The van der Waals surface area contributed by atoms with E-state index in [-0.39, 0.29) is 36.5 Å². The zero-order valence-corrected chi connectivity index (χ0v) is 30.7. The molecule has 0 bridgehead atoms. The molecule has 4 heterocycles. The molecule has 270 valence electrons. The van der Waals surface area contributed by atoms with Crippen molar-refractivity contribution in [2.24, 2.45) is 5.92 Å². The van der Waals surface area contributed by atoms with Gasteiger partial charge in [-0.2, -0.15) is 0 Å². The molecular formula is C36H50N2O9S2. The fourth-order valence-corrected chi connectivity index (χ4v) is 9.22. The maximum atomic E-state index is 12.9. The Morgan fingerprint density at radius 2 is 1.98 bits per heavy atom. The third-order valence-electron chi connectivity index (χ3n) is 9.27. The molecule has 10 atom stereocenters. The minimum atomic E-state index is -1.27. The highest BCUT2D eigenvalue weighted by Crippen LogP contribution is 2.53. The Morgan fingerprint density at radius 1 is 1.22 bits per heavy atom. The number of esters is 1. The Labute approximate surface area is 297 Å². The number of aromatic nitrogens is 1. The van der Waals surface area contributed by atoms with E-state index in [2.05, 4.69) is 23.3 Å². The number of pyridine rings is 1. The standard InChI is InChI=1S/C36H50N2O9S2/c1-7-17-36(34(42)43,49-48-32-10-8-9-18-37-32)30-20-35(21-44-35)33(41)29(47-30)15-12-22(2)11-14-28-23(3)19-27(25(5)46-28)38-31(40)16-13-24(4)45-26(6)39/h8-13,15-16,18,23-25,27-30,33,41H,7,14,17,19-21H2,1-6H3,(H,38,40)(H,42,43)/b15-12+,16-13-,22-11+/t23-,24-,25+,27+,28-,29+,30-,33+,35+,36+/m0/s1. The molecule has 11 nitrogen and oxygen atoms in total. The Balaban J connectivity index is 1.37. The van der Waals surface area contributed by atoms with Crippen LogP contribution in [0.15, 0.2) is 65.4 Å². The topological polar surface area (TPSA) is 157 Å². The van der Waals surface area contributed by atoms with Crippen molar-refractivity contribution in [2.75, 3.05) is 6.61 Å². The minimum Gasteiger partial charge on any atom is -0.480 e. The molecule has 1 spiro atoms. The van der Waals surface area contributed by atoms with Crippen LogP contribution in [0.5, 0.6) is 0 Å². The number of aliphatic hydroxyl groups excluding tert-OH is 1. The number of ether oxygens (including phenoxy) is 4. The van der Waals surface area contributed by atoms with Gasteiger partial charge in [-0.1, -0.05) is 60.9 Å². The lowest BCUT2D eigenvalue weighted by Crippen LogP contribution is -2.58. The maximum Gasteiger partial charge on any atom is 0.323 e. The van der Waals surface area contributed by atoms with Crippen LogP contribution in [-0.4, -0.2) is 92.7 Å². The SMILES string of the molecule is CCC[C@](SSc1ccccn1)(C(=O)O)[C@@H]1C[C@@]2(CO2)[C@H](O)[C@@H](/C=C/C(C)=C/C[C@@H]2O[C@H](C)[C@H](NC(=O)/C=C\[C@H](C)OC(C)=O)C[C@@H]2C)O1. The van der Waals surface area contributed by atoms with Crippen molar-refractivity contribution in [2.45, 2.75) is 132 Å². The Bertz CT molecular complexity index is 1390. The van der Waals surface area contributed by atoms with E-state index in [0.717, 1.165) is 12.0 Å². The van der Waals surface area contributed by atoms with Crippen molar-refractivity contribution < 1.29 is 43.5 Å². The number of aliphatic carboxylic acids is 1. The van der Waals surface area contributed by atoms with E-state index < -0.39 is 46.7 Å². The zero-order valence-electron chi connectivity index (χ0n) is 29.1. The molecule has 4 rings (SSSR count). The fraction of sp³-hybridized carbons (Fsp3) is 0.611. The van der Waals surface area contributed by atoms with Crippen LogP contribution in [-0.2, 0) is 33.3 Å². The molecule has 0 radical (unpaired) electrons. The quantitative estimate of drug-likeness (QED) is 0.0696. The van der Waals surface area contributed by atoms with Crippen LogP contribution in [0.3, 0.4) is 0 Å². The molecule has 0 saturated carbocycles. The number of carboxylic acid groups (broad SMARTS) is 1. The molecular weight excluding hydrogens is 669 g/mol. The van der Waals surface area contributed by atoms with E-state index in [4.69, 9.17) is 18.9 Å². The lowest BCUT2D eigenvalue weighted by atomic mass is 9.82. The average molecular weight is 719 g/mol. The third kappa shape index (κ3) is 10.4. The molecule has 3 aliphatic rings. The molecule has 0 aromatic carbocycles. The van der Waals surface area contributed by atoms with Crippen LogP contribution >= 0.6 is 21.6 Å². The minimum absolute atomic E-state index is 0.0473. The van der Waals surface area contributed by atoms with Gasteiger partial charge in [-0.05, 0) is 75.0 Å². The van der Waals surface area contributed by atoms with Gasteiger partial charge in [0.05, 0.1) is 31.0 Å². The number of carbonyl (C=O) groups is 3. The second-order valence-electron chi connectivity index (χ2n) is 13.3. The number of hydrogen-bond donors (Lipinski definition) is 3. The highest BCUT2D eigenvalue weighted by Gasteiger charge is 2.63. The zero-order chi connectivity index (χ0) is 35.8. The first-order valence-electron chi connectivity index (χ1n) is 16.9. The van der Waals surface area contributed by atoms with Gasteiger partial charge in [0.1, 0.15) is 33.7 Å². The smallest absolute Gasteiger partial charge is 0.323 e. The van der Waals surface area contributed by atoms with Crippen molar-refractivity contribution in [3.8, 4) is 0 Å². The van der Waals surface area contributed by atoms with E-state index in [1.165, 1.54) is 34.6 Å². The van der Waals surface area contributed by atoms with E-state index >= 15 is 0 Å². The van der Waals surface area contributed by atoms with Crippen LogP contribution in [0.4, 0.5) is 0 Å². The maximum absolute atomic E-state index is 12.9. The van der Waals surface area contributed by atoms with E-state index in [1.54, 1.807) is 25.3 Å². The summed E-state index contributed by atoms with van der Waals surface area (Å²) in [6, 6.07) is 5.38. The van der Waals surface area contributed by atoms with Crippen molar-refractivity contribution in [3.63, 3.8) is 0 Å². The van der Waals surface area contributed by atoms with Gasteiger partial charge in [-0.3, -0.25) is 14.4 Å². The molecule has 0 aliphatic carbocycles. The molecule has 3 saturated heterocycles. The first-order chi connectivity index (χ1) is 23.3. The lowest BCUT2D eigenvalue weighted by Gasteiger charge is -2.44. The Kier molecular flexibility index (Phi) is 14.0. The number of nitrogens with one attached hydrogen (secondary N) is 1. The summed E-state index contributed by atoms with van der Waals surface area (Å²) < 4.78 is 22.3. The summed E-state index contributed by atoms with van der Waals surface area (Å²) >= 11 is 0. The Hall–Kier alpha value is -2.68. The van der Waals surface area contributed by atoms with Crippen molar-refractivity contribution in [1.29, 1.82) is 0 Å². The number of nitrogens with zero attached hydrogens (tertiary/aromatic N) is 1. The number of rotatable bonds is 15. The summed E-state index contributed by atoms with van der Waals surface area (Å²) in [7, 11) is 2.57. The van der Waals surface area contributed by atoms with Gasteiger partial charge in [-0.25, -0.2) is 4.98 Å². The fourth-order valence-electron chi connectivity index (χ4n) is 6.36. The van der Waals surface area contributed by atoms with Gasteiger partial charge in [-0.15, -0.1) is 0 Å². The first kappa shape index (κ1) is 39.1. The number of epoxide rings is 1. The van der Waals surface area contributed by atoms with E-state index in [9.17, 15) is 24.6 Å². The summed E-state index contributed by atoms with van der Waals surface area (Å²) in [5.41, 5.74) is 0.122. The molecule has 13 heteroatoms. The van der Waals surface area contributed by atoms with Gasteiger partial charge < -0.3 is 34.5 Å². The number of hydrogen-bond acceptors (Lipinski definition) is 11. The molecule has 3 N–H and O–H groups in total. The number of carboxylic acids is 1. The summed E-state index contributed by atoms with van der Waals surface area (Å²) in [6.07, 6.45) is 9.99. The Morgan fingerprint density at radius 3 is 2.61 bits per heavy atom. The molecule has 0 unspecified atom stereocenters. The highest BCUT2D eigenvalue weighted by molar-refractivity contribution is 8.77. The van der Waals surface area contributed by atoms with Gasteiger partial charge in [0.2, 0.25) is 5.91 Å². The van der Waals surface area contributed by atoms with Gasteiger partial charge in [0.25, 0.3) is 0 Å². The molecule has 3 fully saturated rings. The largest absolute Gasteiger partial charge is 0.480 e. The summed E-state index contributed by atoms with van der Waals surface area (Å²) in [6.45, 7) is 11.3. The highest BCUT2D eigenvalue weighted by atomic mass is 33.1. The normalized spacial score (nSPS) is 32.1. The van der Waals surface area contributed by atoms with Crippen LogP contribution in [0.25, 0.3) is 0 Å². The monoisotopic (exact) mass is 718 g/mol. The van der Waals surface area contributed by atoms with Crippen molar-refractivity contribution in [3.05, 3.63) is 60.3 Å². The molecule has 1 aromatic heterocycles. The molecule has 49 heavy (non-hydrogen) atoms. The molecule has 1 amide bonds. The van der Waals surface area contributed by atoms with Crippen LogP contribution in [0.2, 0.25) is 0 Å². The second kappa shape index (κ2) is 17.5. The second-order valence-corrected chi connectivity index (χ2v) is 15.8. The van der Waals surface area contributed by atoms with Crippen LogP contribution in [0, 0.1) is 5.92 Å². The lowest BCUT2D eigenvalue weighted by molar-refractivity contribution is -0.164.